The van der Waals surface area contributed by atoms with E-state index in [1.807, 2.05) is 30.3 Å². The van der Waals surface area contributed by atoms with E-state index < -0.39 is 6.04 Å². The molecule has 3 aromatic rings. The van der Waals surface area contributed by atoms with Crippen LogP contribution in [-0.4, -0.2) is 57.8 Å². The summed E-state index contributed by atoms with van der Waals surface area (Å²) >= 11 is 0. The van der Waals surface area contributed by atoms with E-state index in [0.717, 1.165) is 31.5 Å². The number of hydrogen-bond acceptors (Lipinski definition) is 5. The van der Waals surface area contributed by atoms with E-state index in [-0.39, 0.29) is 29.0 Å². The lowest BCUT2D eigenvalue weighted by molar-refractivity contribution is -0.123. The number of imidazole rings is 1. The highest BCUT2D eigenvalue weighted by Crippen LogP contribution is 2.32. The number of benzene rings is 1. The molecule has 8 nitrogen and oxygen atoms in total. The van der Waals surface area contributed by atoms with Crippen LogP contribution in [0.25, 0.3) is 0 Å². The number of hydrogen-bond donors (Lipinski definition) is 2. The summed E-state index contributed by atoms with van der Waals surface area (Å²) in [7, 11) is 2.06. The summed E-state index contributed by atoms with van der Waals surface area (Å²) in [5.41, 5.74) is 2.60. The summed E-state index contributed by atoms with van der Waals surface area (Å²) in [6.45, 7) is 8.21. The molecule has 2 atom stereocenters. The molecule has 2 amide bonds. The molecule has 3 heterocycles. The smallest absolute Gasteiger partial charge is 0.279 e. The summed E-state index contributed by atoms with van der Waals surface area (Å²) in [6.07, 6.45) is 8.24. The fourth-order valence-corrected chi connectivity index (χ4v) is 4.53. The normalized spacial score (nSPS) is 17.5. The number of pyridine rings is 1. The summed E-state index contributed by atoms with van der Waals surface area (Å²) in [6, 6.07) is 10.5. The number of likely N-dealkylation sites (N-methyl/N-ethyl adjacent to an activating group) is 1. The van der Waals surface area contributed by atoms with Gasteiger partial charge in [0.25, 0.3) is 5.91 Å². The Hall–Kier alpha value is -3.52. The molecule has 1 aliphatic rings. The quantitative estimate of drug-likeness (QED) is 0.568. The van der Waals surface area contributed by atoms with E-state index in [9.17, 15) is 9.59 Å². The highest BCUT2D eigenvalue weighted by atomic mass is 16.2. The van der Waals surface area contributed by atoms with Gasteiger partial charge in [0.2, 0.25) is 5.91 Å². The molecule has 1 saturated heterocycles. The van der Waals surface area contributed by atoms with Gasteiger partial charge < -0.3 is 15.2 Å². The third-order valence-corrected chi connectivity index (χ3v) is 6.43. The molecule has 0 radical (unpaired) electrons. The Morgan fingerprint density at radius 2 is 1.97 bits per heavy atom. The molecule has 8 heteroatoms. The molecule has 1 aliphatic heterocycles. The number of piperidine rings is 1. The third-order valence-electron chi connectivity index (χ3n) is 6.43. The van der Waals surface area contributed by atoms with Gasteiger partial charge in [-0.2, -0.15) is 0 Å². The van der Waals surface area contributed by atoms with Gasteiger partial charge in [0, 0.05) is 42.4 Å². The topological polar surface area (TPSA) is 94.2 Å². The van der Waals surface area contributed by atoms with Crippen LogP contribution >= 0.6 is 0 Å². The van der Waals surface area contributed by atoms with Crippen LogP contribution in [-0.2, 0) is 10.2 Å². The molecule has 2 unspecified atom stereocenters. The van der Waals surface area contributed by atoms with Crippen LogP contribution in [0.3, 0.4) is 0 Å². The van der Waals surface area contributed by atoms with Crippen LogP contribution in [0, 0.1) is 0 Å². The van der Waals surface area contributed by atoms with Gasteiger partial charge in [0.1, 0.15) is 11.7 Å². The number of H-pyrrole nitrogens is 1. The highest BCUT2D eigenvalue weighted by molar-refractivity contribution is 6.09. The van der Waals surface area contributed by atoms with E-state index in [4.69, 9.17) is 0 Å². The fraction of sp³-hybridized carbons (Fsp3) is 0.407. The number of amides is 2. The lowest BCUT2D eigenvalue weighted by atomic mass is 9.87. The lowest BCUT2D eigenvalue weighted by Crippen LogP contribution is -2.51. The molecule has 4 rings (SSSR count). The Kier molecular flexibility index (Phi) is 7.31. The molecule has 1 fully saturated rings. The Morgan fingerprint density at radius 3 is 2.57 bits per heavy atom. The van der Waals surface area contributed by atoms with Crippen molar-refractivity contribution in [3.63, 3.8) is 0 Å². The van der Waals surface area contributed by atoms with Crippen molar-refractivity contribution in [2.45, 2.75) is 51.1 Å². The van der Waals surface area contributed by atoms with Crippen molar-refractivity contribution in [3.05, 3.63) is 78.1 Å². The van der Waals surface area contributed by atoms with Crippen molar-refractivity contribution >= 4 is 17.5 Å². The Balaban J connectivity index is 1.76. The van der Waals surface area contributed by atoms with Crippen molar-refractivity contribution in [1.82, 2.24) is 25.2 Å². The van der Waals surface area contributed by atoms with E-state index >= 15 is 0 Å². The first-order chi connectivity index (χ1) is 16.7. The van der Waals surface area contributed by atoms with Crippen LogP contribution in [0.2, 0.25) is 0 Å². The molecule has 2 N–H and O–H groups in total. The first-order valence-electron chi connectivity index (χ1n) is 12.1. The largest absolute Gasteiger partial charge is 0.350 e. The van der Waals surface area contributed by atoms with Crippen LogP contribution in [0.4, 0.5) is 5.69 Å². The molecular formula is C27H34N6O2. The highest BCUT2D eigenvalue weighted by Gasteiger charge is 2.36. The Morgan fingerprint density at radius 1 is 1.20 bits per heavy atom. The maximum absolute atomic E-state index is 13.9. The summed E-state index contributed by atoms with van der Waals surface area (Å²) in [5, 5.41) is 3.20. The zero-order chi connectivity index (χ0) is 25.0. The molecule has 2 aromatic heterocycles. The number of rotatable bonds is 6. The monoisotopic (exact) mass is 474 g/mol. The van der Waals surface area contributed by atoms with E-state index in [1.165, 1.54) is 11.2 Å². The molecule has 0 saturated carbocycles. The SMILES string of the molecule is CN1CCCC(NC(=O)C(c2cccnc2)N(C(=O)c2c[nH]cn2)c2ccc(C(C)(C)C)cc2)C1. The van der Waals surface area contributed by atoms with E-state index in [1.54, 1.807) is 24.7 Å². The predicted octanol–water partition coefficient (Wildman–Crippen LogP) is 3.70. The number of aromatic amines is 1. The molecular weight excluding hydrogens is 440 g/mol. The van der Waals surface area contributed by atoms with Crippen LogP contribution in [0.1, 0.15) is 61.3 Å². The van der Waals surface area contributed by atoms with Crippen molar-refractivity contribution < 1.29 is 9.59 Å². The minimum absolute atomic E-state index is 0.0195. The number of nitrogens with zero attached hydrogens (tertiary/aromatic N) is 4. The first-order valence-corrected chi connectivity index (χ1v) is 12.1. The van der Waals surface area contributed by atoms with Crippen LogP contribution in [0.5, 0.6) is 0 Å². The Bertz CT molecular complexity index is 1120. The minimum Gasteiger partial charge on any atom is -0.350 e. The van der Waals surface area contributed by atoms with Crippen LogP contribution in [0.15, 0.2) is 61.3 Å². The maximum atomic E-state index is 13.9. The summed E-state index contributed by atoms with van der Waals surface area (Å²) < 4.78 is 0. The van der Waals surface area contributed by atoms with Gasteiger partial charge in [-0.25, -0.2) is 4.98 Å². The maximum Gasteiger partial charge on any atom is 0.279 e. The number of likely N-dealkylation sites (tertiary alicyclic amines) is 1. The average molecular weight is 475 g/mol. The molecule has 184 valence electrons. The summed E-state index contributed by atoms with van der Waals surface area (Å²) in [4.78, 5) is 42.7. The fourth-order valence-electron chi connectivity index (χ4n) is 4.53. The number of carbonyl (C=O) groups excluding carboxylic acids is 2. The average Bonchev–Trinajstić information content (AvgIpc) is 3.37. The number of anilines is 1. The van der Waals surface area contributed by atoms with Gasteiger partial charge in [0.05, 0.1) is 6.33 Å². The molecule has 0 spiro atoms. The predicted molar refractivity (Wildman–Crippen MR) is 136 cm³/mol. The second kappa shape index (κ2) is 10.4. The van der Waals surface area contributed by atoms with Crippen molar-refractivity contribution in [2.75, 3.05) is 25.0 Å². The number of carbonyl (C=O) groups is 2. The number of nitrogens with one attached hydrogen (secondary N) is 2. The molecule has 0 bridgehead atoms. The van der Waals surface area contributed by atoms with Gasteiger partial charge in [-0.3, -0.25) is 19.5 Å². The van der Waals surface area contributed by atoms with Gasteiger partial charge in [0.15, 0.2) is 0 Å². The van der Waals surface area contributed by atoms with Gasteiger partial charge >= 0.3 is 0 Å². The van der Waals surface area contributed by atoms with Gasteiger partial charge in [-0.15, -0.1) is 0 Å². The Labute approximate surface area is 206 Å². The third kappa shape index (κ3) is 5.77. The first kappa shape index (κ1) is 24.6. The van der Waals surface area contributed by atoms with Crippen molar-refractivity contribution in [2.24, 2.45) is 0 Å². The van der Waals surface area contributed by atoms with Crippen LogP contribution < -0.4 is 10.2 Å². The van der Waals surface area contributed by atoms with Crippen molar-refractivity contribution in [3.8, 4) is 0 Å². The summed E-state index contributed by atoms with van der Waals surface area (Å²) in [5.74, 6) is -0.596. The standard InChI is InChI=1S/C27H34N6O2/c1-27(2,3)20-9-11-22(12-10-20)33(26(35)23-16-29-18-30-23)24(19-7-5-13-28-15-19)25(34)31-21-8-6-14-32(4)17-21/h5,7,9-13,15-16,18,21,24H,6,8,14,17H2,1-4H3,(H,29,30)(H,31,34). The molecule has 35 heavy (non-hydrogen) atoms. The zero-order valence-electron chi connectivity index (χ0n) is 20.9. The van der Waals surface area contributed by atoms with Gasteiger partial charge in [-0.1, -0.05) is 39.0 Å². The van der Waals surface area contributed by atoms with E-state index in [0.29, 0.717) is 11.3 Å². The van der Waals surface area contributed by atoms with E-state index in [2.05, 4.69) is 53.0 Å². The second-order valence-corrected chi connectivity index (χ2v) is 10.2. The second-order valence-electron chi connectivity index (χ2n) is 10.2. The number of aromatic nitrogens is 3. The van der Waals surface area contributed by atoms with Gasteiger partial charge in [-0.05, 0) is 55.6 Å². The lowest BCUT2D eigenvalue weighted by Gasteiger charge is -2.35. The molecule has 0 aliphatic carbocycles. The van der Waals surface area contributed by atoms with Crippen molar-refractivity contribution in [1.29, 1.82) is 0 Å². The minimum atomic E-state index is -0.902. The molecule has 1 aromatic carbocycles. The zero-order valence-corrected chi connectivity index (χ0v) is 20.9.